The Balaban J connectivity index is 1.66. The van der Waals surface area contributed by atoms with E-state index in [1.807, 2.05) is 6.20 Å². The highest BCUT2D eigenvalue weighted by molar-refractivity contribution is 6.33. The number of halogens is 1. The molecule has 2 aliphatic rings. The molecule has 0 spiro atoms. The van der Waals surface area contributed by atoms with Gasteiger partial charge in [0, 0.05) is 31.9 Å². The van der Waals surface area contributed by atoms with Crippen molar-refractivity contribution < 1.29 is 0 Å². The summed E-state index contributed by atoms with van der Waals surface area (Å²) in [6.07, 6.45) is 5.82. The third kappa shape index (κ3) is 3.26. The molecule has 0 bridgehead atoms. The largest absolute Gasteiger partial charge is 0.355 e. The molecule has 3 nitrogen and oxygen atoms in total. The van der Waals surface area contributed by atoms with Crippen LogP contribution >= 0.6 is 11.6 Å². The fraction of sp³-hybridized carbons (Fsp3) is 0.688. The van der Waals surface area contributed by atoms with Crippen LogP contribution in [-0.2, 0) is 6.54 Å². The molecule has 1 aromatic heterocycles. The zero-order valence-electron chi connectivity index (χ0n) is 12.4. The van der Waals surface area contributed by atoms with Crippen LogP contribution in [0.5, 0.6) is 0 Å². The van der Waals surface area contributed by atoms with Crippen LogP contribution in [0.15, 0.2) is 12.3 Å². The lowest BCUT2D eigenvalue weighted by molar-refractivity contribution is 0.323. The van der Waals surface area contributed by atoms with E-state index in [4.69, 9.17) is 11.6 Å². The molecule has 0 aromatic carbocycles. The Morgan fingerprint density at radius 2 is 2.10 bits per heavy atom. The average Bonchev–Trinajstić information content (AvgIpc) is 3.24. The summed E-state index contributed by atoms with van der Waals surface area (Å²) >= 11 is 6.45. The predicted molar refractivity (Wildman–Crippen MR) is 84.3 cm³/mol. The Morgan fingerprint density at radius 3 is 2.75 bits per heavy atom. The first-order valence-electron chi connectivity index (χ1n) is 7.76. The van der Waals surface area contributed by atoms with E-state index in [9.17, 15) is 0 Å². The number of hydrogen-bond donors (Lipinski definition) is 1. The first-order chi connectivity index (χ1) is 9.63. The maximum absolute atomic E-state index is 6.45. The minimum absolute atomic E-state index is 0.706. The molecular weight excluding hydrogens is 270 g/mol. The molecule has 2 atom stereocenters. The van der Waals surface area contributed by atoms with Crippen molar-refractivity contribution in [1.82, 2.24) is 10.3 Å². The van der Waals surface area contributed by atoms with E-state index in [-0.39, 0.29) is 0 Å². The van der Waals surface area contributed by atoms with Gasteiger partial charge in [0.1, 0.15) is 5.82 Å². The van der Waals surface area contributed by atoms with Crippen LogP contribution in [-0.4, -0.2) is 24.1 Å². The lowest BCUT2D eigenvalue weighted by Gasteiger charge is -2.36. The molecule has 20 heavy (non-hydrogen) atoms. The topological polar surface area (TPSA) is 28.2 Å². The van der Waals surface area contributed by atoms with Gasteiger partial charge < -0.3 is 10.2 Å². The van der Waals surface area contributed by atoms with Crippen LogP contribution < -0.4 is 10.2 Å². The fourth-order valence-corrected chi connectivity index (χ4v) is 3.11. The first kappa shape index (κ1) is 14.2. The van der Waals surface area contributed by atoms with Gasteiger partial charge in [0.25, 0.3) is 0 Å². The van der Waals surface area contributed by atoms with E-state index in [1.54, 1.807) is 0 Å². The second-order valence-electron chi connectivity index (χ2n) is 6.49. The molecular formula is C16H24ClN3. The molecule has 2 heterocycles. The Morgan fingerprint density at radius 1 is 1.30 bits per heavy atom. The summed E-state index contributed by atoms with van der Waals surface area (Å²) in [5.74, 6) is 2.46. The summed E-state index contributed by atoms with van der Waals surface area (Å²) in [5.41, 5.74) is 1.18. The zero-order chi connectivity index (χ0) is 14.1. The van der Waals surface area contributed by atoms with Crippen LogP contribution in [0.4, 0.5) is 5.82 Å². The molecule has 4 heteroatoms. The summed E-state index contributed by atoms with van der Waals surface area (Å²) in [5, 5.41) is 4.29. The number of hydrogen-bond acceptors (Lipinski definition) is 3. The summed E-state index contributed by atoms with van der Waals surface area (Å²) in [6, 6.07) is 2.79. The van der Waals surface area contributed by atoms with E-state index in [2.05, 4.69) is 35.1 Å². The minimum atomic E-state index is 0.706. The van der Waals surface area contributed by atoms with E-state index >= 15 is 0 Å². The van der Waals surface area contributed by atoms with Gasteiger partial charge in [-0.15, -0.1) is 0 Å². The lowest BCUT2D eigenvalue weighted by atomic mass is 9.89. The molecule has 3 rings (SSSR count). The highest BCUT2D eigenvalue weighted by Crippen LogP contribution is 2.30. The number of pyridine rings is 1. The molecule has 1 saturated carbocycles. The van der Waals surface area contributed by atoms with Gasteiger partial charge in [0.05, 0.1) is 5.02 Å². The minimum Gasteiger partial charge on any atom is -0.355 e. The molecule has 2 fully saturated rings. The Kier molecular flexibility index (Phi) is 4.18. The third-order valence-electron chi connectivity index (χ3n) is 4.68. The third-order valence-corrected chi connectivity index (χ3v) is 4.96. The van der Waals surface area contributed by atoms with Gasteiger partial charge >= 0.3 is 0 Å². The molecule has 0 radical (unpaired) electrons. The second kappa shape index (κ2) is 5.90. The van der Waals surface area contributed by atoms with Crippen molar-refractivity contribution in [2.24, 2.45) is 11.8 Å². The van der Waals surface area contributed by atoms with Gasteiger partial charge in [-0.3, -0.25) is 0 Å². The number of piperidine rings is 1. The van der Waals surface area contributed by atoms with Crippen LogP contribution in [0, 0.1) is 11.8 Å². The smallest absolute Gasteiger partial charge is 0.147 e. The molecule has 110 valence electrons. The van der Waals surface area contributed by atoms with Gasteiger partial charge in [-0.1, -0.05) is 25.4 Å². The number of nitrogens with one attached hydrogen (secondary N) is 1. The van der Waals surface area contributed by atoms with Gasteiger partial charge in [-0.05, 0) is 42.7 Å². The standard InChI is InChI=1S/C16H24ClN3/c1-11-5-6-20(10-12(11)2)16-15(17)7-13(9-19-16)8-18-14-3-4-14/h7,9,11-12,14,18H,3-6,8,10H2,1-2H3. The quantitative estimate of drug-likeness (QED) is 0.921. The van der Waals surface area contributed by atoms with Gasteiger partial charge in [0.15, 0.2) is 0 Å². The van der Waals surface area contributed by atoms with Gasteiger partial charge in [0.2, 0.25) is 0 Å². The number of anilines is 1. The Labute approximate surface area is 126 Å². The zero-order valence-corrected chi connectivity index (χ0v) is 13.2. The number of nitrogens with zero attached hydrogens (tertiary/aromatic N) is 2. The van der Waals surface area contributed by atoms with Crippen molar-refractivity contribution >= 4 is 17.4 Å². The van der Waals surface area contributed by atoms with Crippen LogP contribution in [0.25, 0.3) is 0 Å². The number of aromatic nitrogens is 1. The Bertz CT molecular complexity index is 473. The van der Waals surface area contributed by atoms with Crippen LogP contribution in [0.2, 0.25) is 5.02 Å². The van der Waals surface area contributed by atoms with Crippen molar-refractivity contribution in [1.29, 1.82) is 0 Å². The summed E-state index contributed by atoms with van der Waals surface area (Å²) in [7, 11) is 0. The normalized spacial score (nSPS) is 26.9. The highest BCUT2D eigenvalue weighted by Gasteiger charge is 2.25. The van der Waals surface area contributed by atoms with Crippen LogP contribution in [0.3, 0.4) is 0 Å². The lowest BCUT2D eigenvalue weighted by Crippen LogP contribution is -2.39. The number of rotatable bonds is 4. The maximum Gasteiger partial charge on any atom is 0.147 e. The molecule has 1 N–H and O–H groups in total. The van der Waals surface area contributed by atoms with Gasteiger partial charge in [-0.2, -0.15) is 0 Å². The van der Waals surface area contributed by atoms with Crippen molar-refractivity contribution in [2.45, 2.75) is 45.7 Å². The predicted octanol–water partition coefficient (Wildman–Crippen LogP) is 3.47. The first-order valence-corrected chi connectivity index (χ1v) is 8.14. The molecule has 2 unspecified atom stereocenters. The summed E-state index contributed by atoms with van der Waals surface area (Å²) < 4.78 is 0. The summed E-state index contributed by atoms with van der Waals surface area (Å²) in [4.78, 5) is 6.95. The van der Waals surface area contributed by atoms with Gasteiger partial charge in [-0.25, -0.2) is 4.98 Å². The summed E-state index contributed by atoms with van der Waals surface area (Å²) in [6.45, 7) is 7.67. The van der Waals surface area contributed by atoms with Crippen molar-refractivity contribution in [3.63, 3.8) is 0 Å². The Hall–Kier alpha value is -0.800. The van der Waals surface area contributed by atoms with E-state index in [1.165, 1.54) is 24.8 Å². The SMILES string of the molecule is CC1CCN(c2ncc(CNC3CC3)cc2Cl)CC1C. The molecule has 0 amide bonds. The monoisotopic (exact) mass is 293 g/mol. The van der Waals surface area contributed by atoms with E-state index in [0.29, 0.717) is 5.92 Å². The highest BCUT2D eigenvalue weighted by atomic mass is 35.5. The van der Waals surface area contributed by atoms with Crippen molar-refractivity contribution in [3.05, 3.63) is 22.8 Å². The molecule has 1 aliphatic carbocycles. The van der Waals surface area contributed by atoms with Crippen molar-refractivity contribution in [3.8, 4) is 0 Å². The molecule has 1 aliphatic heterocycles. The molecule has 1 saturated heterocycles. The maximum atomic E-state index is 6.45. The second-order valence-corrected chi connectivity index (χ2v) is 6.90. The van der Waals surface area contributed by atoms with Crippen LogP contribution in [0.1, 0.15) is 38.7 Å². The fourth-order valence-electron chi connectivity index (χ4n) is 2.80. The molecule has 1 aromatic rings. The van der Waals surface area contributed by atoms with E-state index < -0.39 is 0 Å². The van der Waals surface area contributed by atoms with E-state index in [0.717, 1.165) is 42.4 Å². The average molecular weight is 294 g/mol. The van der Waals surface area contributed by atoms with Crippen molar-refractivity contribution in [2.75, 3.05) is 18.0 Å².